The molecule has 4 rings (SSSR count). The largest absolute Gasteiger partial charge is 0.329 e. The maximum Gasteiger partial charge on any atom is 0.253 e. The first-order valence-electron chi connectivity index (χ1n) is 9.15. The highest BCUT2D eigenvalue weighted by molar-refractivity contribution is 6.32. The Morgan fingerprint density at radius 2 is 1.74 bits per heavy atom. The fourth-order valence-corrected chi connectivity index (χ4v) is 4.39. The van der Waals surface area contributed by atoms with E-state index >= 15 is 0 Å². The Morgan fingerprint density at radius 3 is 2.44 bits per heavy atom. The van der Waals surface area contributed by atoms with Crippen molar-refractivity contribution in [3.63, 3.8) is 0 Å². The molecule has 0 aliphatic carbocycles. The second kappa shape index (κ2) is 7.78. The van der Waals surface area contributed by atoms with E-state index in [2.05, 4.69) is 9.91 Å². The van der Waals surface area contributed by atoms with Gasteiger partial charge in [-0.1, -0.05) is 41.4 Å². The van der Waals surface area contributed by atoms with E-state index in [1.807, 2.05) is 47.5 Å². The highest BCUT2D eigenvalue weighted by Gasteiger charge is 2.42. The van der Waals surface area contributed by atoms with Crippen molar-refractivity contribution < 1.29 is 4.79 Å². The minimum atomic E-state index is -0.436. The molecule has 0 aromatic heterocycles. The number of amides is 1. The lowest BCUT2D eigenvalue weighted by Gasteiger charge is -2.39. The van der Waals surface area contributed by atoms with Crippen molar-refractivity contribution in [2.75, 3.05) is 44.3 Å². The molecule has 0 radical (unpaired) electrons. The molecule has 27 heavy (non-hydrogen) atoms. The molecule has 2 heterocycles. The number of halogens is 2. The Balaban J connectivity index is 1.69. The van der Waals surface area contributed by atoms with Gasteiger partial charge in [-0.25, -0.2) is 10.0 Å². The van der Waals surface area contributed by atoms with Crippen molar-refractivity contribution in [3.05, 3.63) is 63.6 Å². The number of hydrogen-bond acceptors (Lipinski definition) is 4. The smallest absolute Gasteiger partial charge is 0.253 e. The van der Waals surface area contributed by atoms with E-state index in [4.69, 9.17) is 28.9 Å². The van der Waals surface area contributed by atoms with Crippen LogP contribution in [0.25, 0.3) is 0 Å². The van der Waals surface area contributed by atoms with Crippen LogP contribution in [-0.4, -0.2) is 55.1 Å². The summed E-state index contributed by atoms with van der Waals surface area (Å²) in [5.41, 5.74) is 8.28. The molecule has 1 fully saturated rings. The van der Waals surface area contributed by atoms with Crippen molar-refractivity contribution >= 4 is 34.8 Å². The van der Waals surface area contributed by atoms with E-state index in [0.29, 0.717) is 16.6 Å². The molecule has 1 amide bonds. The number of carbonyl (C=O) groups is 1. The lowest BCUT2D eigenvalue weighted by molar-refractivity contribution is -0.121. The molecule has 1 saturated heterocycles. The van der Waals surface area contributed by atoms with Crippen molar-refractivity contribution in [1.29, 1.82) is 0 Å². The van der Waals surface area contributed by atoms with Gasteiger partial charge in [-0.2, -0.15) is 0 Å². The van der Waals surface area contributed by atoms with Crippen molar-refractivity contribution in [3.8, 4) is 0 Å². The highest BCUT2D eigenvalue weighted by Crippen LogP contribution is 2.44. The second-order valence-corrected chi connectivity index (χ2v) is 7.74. The number of carbonyl (C=O) groups excluding carboxylic acids is 1. The second-order valence-electron chi connectivity index (χ2n) is 6.89. The molecule has 2 aromatic rings. The zero-order valence-corrected chi connectivity index (χ0v) is 16.5. The van der Waals surface area contributed by atoms with Gasteiger partial charge in [-0.15, -0.1) is 0 Å². The average molecular weight is 405 g/mol. The topological polar surface area (TPSA) is 52.8 Å². The minimum Gasteiger partial charge on any atom is -0.329 e. The van der Waals surface area contributed by atoms with Gasteiger partial charge in [-0.05, 0) is 35.4 Å². The fraction of sp³-hybridized carbons (Fsp3) is 0.350. The lowest BCUT2D eigenvalue weighted by atomic mass is 9.92. The third kappa shape index (κ3) is 3.46. The van der Waals surface area contributed by atoms with Gasteiger partial charge in [0.05, 0.1) is 11.6 Å². The normalized spacial score (nSPS) is 20.9. The predicted molar refractivity (Wildman–Crippen MR) is 109 cm³/mol. The van der Waals surface area contributed by atoms with Crippen LogP contribution in [-0.2, 0) is 4.79 Å². The van der Waals surface area contributed by atoms with Crippen LogP contribution in [0.5, 0.6) is 0 Å². The van der Waals surface area contributed by atoms with E-state index in [1.54, 1.807) is 0 Å². The summed E-state index contributed by atoms with van der Waals surface area (Å²) in [6.45, 7) is 4.88. The number of fused-ring (bicyclic) bond motifs is 1. The Kier molecular flexibility index (Phi) is 5.39. The van der Waals surface area contributed by atoms with E-state index in [1.165, 1.54) is 0 Å². The van der Waals surface area contributed by atoms with E-state index in [9.17, 15) is 4.79 Å². The molecule has 0 saturated carbocycles. The molecule has 1 unspecified atom stereocenters. The Hall–Kier alpha value is -1.63. The van der Waals surface area contributed by atoms with Gasteiger partial charge in [0.2, 0.25) is 0 Å². The molecule has 2 N–H and O–H groups in total. The van der Waals surface area contributed by atoms with Crippen LogP contribution < -0.4 is 10.7 Å². The number of hydrazine groups is 1. The summed E-state index contributed by atoms with van der Waals surface area (Å²) >= 11 is 12.7. The SMILES string of the molecule is NCCN1CCN(N2C(=O)C(c3ccccc3Cl)c3cc(Cl)ccc32)CC1. The number of nitrogens with zero attached hydrogens (tertiary/aromatic N) is 3. The summed E-state index contributed by atoms with van der Waals surface area (Å²) in [5, 5.41) is 5.16. The standard InChI is InChI=1S/C20H22Cl2N4O/c21-14-5-6-18-16(13-14)19(15-3-1-2-4-17(15)22)20(27)26(18)25-11-9-24(8-7-23)10-12-25/h1-6,13,19H,7-12,23H2. The third-order valence-electron chi connectivity index (χ3n) is 5.28. The van der Waals surface area contributed by atoms with E-state index < -0.39 is 5.92 Å². The van der Waals surface area contributed by atoms with Gasteiger partial charge in [-0.3, -0.25) is 9.69 Å². The number of benzene rings is 2. The number of hydrogen-bond donors (Lipinski definition) is 1. The maximum atomic E-state index is 13.5. The third-order valence-corrected chi connectivity index (χ3v) is 5.86. The van der Waals surface area contributed by atoms with Crippen LogP contribution in [0.3, 0.4) is 0 Å². The van der Waals surface area contributed by atoms with Gasteiger partial charge in [0, 0.05) is 49.3 Å². The van der Waals surface area contributed by atoms with Gasteiger partial charge < -0.3 is 5.73 Å². The van der Waals surface area contributed by atoms with Gasteiger partial charge >= 0.3 is 0 Å². The molecular formula is C20H22Cl2N4O. The maximum absolute atomic E-state index is 13.5. The number of piperazine rings is 1. The van der Waals surface area contributed by atoms with Gasteiger partial charge in [0.1, 0.15) is 0 Å². The summed E-state index contributed by atoms with van der Waals surface area (Å²) in [5.74, 6) is -0.415. The molecule has 0 spiro atoms. The zero-order chi connectivity index (χ0) is 19.0. The van der Waals surface area contributed by atoms with E-state index in [-0.39, 0.29) is 5.91 Å². The molecule has 2 aliphatic heterocycles. The average Bonchev–Trinajstić information content (AvgIpc) is 2.94. The molecular weight excluding hydrogens is 383 g/mol. The number of nitrogens with two attached hydrogens (primary N) is 1. The van der Waals surface area contributed by atoms with Gasteiger partial charge in [0.25, 0.3) is 5.91 Å². The monoisotopic (exact) mass is 404 g/mol. The summed E-state index contributed by atoms with van der Waals surface area (Å²) in [4.78, 5) is 15.8. The molecule has 2 aliphatic rings. The molecule has 7 heteroatoms. The molecule has 0 bridgehead atoms. The van der Waals surface area contributed by atoms with Crippen LogP contribution in [0.15, 0.2) is 42.5 Å². The molecule has 2 aromatic carbocycles. The molecule has 5 nitrogen and oxygen atoms in total. The van der Waals surface area contributed by atoms with Crippen LogP contribution in [0, 0.1) is 0 Å². The van der Waals surface area contributed by atoms with Crippen LogP contribution in [0.4, 0.5) is 5.69 Å². The molecule has 1 atom stereocenters. The first kappa shape index (κ1) is 18.7. The quantitative estimate of drug-likeness (QED) is 0.850. The molecule has 142 valence electrons. The summed E-state index contributed by atoms with van der Waals surface area (Å²) in [7, 11) is 0. The summed E-state index contributed by atoms with van der Waals surface area (Å²) in [6.07, 6.45) is 0. The van der Waals surface area contributed by atoms with Gasteiger partial charge in [0.15, 0.2) is 0 Å². The first-order valence-corrected chi connectivity index (χ1v) is 9.91. The first-order chi connectivity index (χ1) is 13.1. The van der Waals surface area contributed by atoms with Crippen molar-refractivity contribution in [1.82, 2.24) is 9.91 Å². The van der Waals surface area contributed by atoms with E-state index in [0.717, 1.165) is 49.5 Å². The van der Waals surface area contributed by atoms with Crippen LogP contribution >= 0.6 is 23.2 Å². The summed E-state index contributed by atoms with van der Waals surface area (Å²) < 4.78 is 0. The predicted octanol–water partition coefficient (Wildman–Crippen LogP) is 2.96. The highest BCUT2D eigenvalue weighted by atomic mass is 35.5. The zero-order valence-electron chi connectivity index (χ0n) is 14.9. The minimum absolute atomic E-state index is 0.0210. The lowest BCUT2D eigenvalue weighted by Crippen LogP contribution is -2.55. The Bertz CT molecular complexity index is 852. The van der Waals surface area contributed by atoms with Crippen molar-refractivity contribution in [2.24, 2.45) is 5.73 Å². The van der Waals surface area contributed by atoms with Crippen LogP contribution in [0.1, 0.15) is 17.0 Å². The van der Waals surface area contributed by atoms with Crippen LogP contribution in [0.2, 0.25) is 10.0 Å². The Morgan fingerprint density at radius 1 is 1.00 bits per heavy atom. The number of rotatable bonds is 4. The number of anilines is 1. The Labute approximate surface area is 169 Å². The fourth-order valence-electron chi connectivity index (χ4n) is 3.97. The summed E-state index contributed by atoms with van der Waals surface area (Å²) in [6, 6.07) is 13.2. The van der Waals surface area contributed by atoms with Crippen molar-refractivity contribution in [2.45, 2.75) is 5.92 Å².